The van der Waals surface area contributed by atoms with Crippen LogP contribution in [0.15, 0.2) is 35.7 Å². The first-order valence-electron chi connectivity index (χ1n) is 6.68. The Hall–Kier alpha value is -1.72. The second-order valence-corrected chi connectivity index (χ2v) is 5.55. The van der Waals surface area contributed by atoms with Crippen molar-refractivity contribution in [1.29, 1.82) is 0 Å². The van der Waals surface area contributed by atoms with E-state index in [0.717, 1.165) is 30.0 Å². The Balaban J connectivity index is 1.76. The number of hydrogen-bond acceptors (Lipinski definition) is 4. The molecule has 0 aliphatic carbocycles. The fourth-order valence-corrected chi connectivity index (χ4v) is 2.79. The largest absolute Gasteiger partial charge is 0.289 e. The predicted octanol–water partition coefficient (Wildman–Crippen LogP) is 2.76. The third-order valence-corrected chi connectivity index (χ3v) is 3.99. The molecular weight excluding hydrogens is 272 g/mol. The monoisotopic (exact) mass is 290 g/mol. The van der Waals surface area contributed by atoms with Gasteiger partial charge in [0.15, 0.2) is 0 Å². The molecule has 4 nitrogen and oxygen atoms in total. The van der Waals surface area contributed by atoms with Gasteiger partial charge in [0.05, 0.1) is 10.7 Å². The van der Waals surface area contributed by atoms with E-state index in [4.69, 9.17) is 5.21 Å². The normalized spacial score (nSPS) is 10.4. The molecule has 106 valence electrons. The van der Waals surface area contributed by atoms with E-state index in [9.17, 15) is 4.79 Å². The van der Waals surface area contributed by atoms with E-state index >= 15 is 0 Å². The number of nitrogens with zero attached hydrogens (tertiary/aromatic N) is 1. The minimum atomic E-state index is -0.343. The summed E-state index contributed by atoms with van der Waals surface area (Å²) in [6.45, 7) is 0. The Morgan fingerprint density at radius 3 is 2.75 bits per heavy atom. The van der Waals surface area contributed by atoms with Crippen LogP contribution < -0.4 is 5.48 Å². The number of aryl methyl sites for hydroxylation is 3. The zero-order valence-corrected chi connectivity index (χ0v) is 12.0. The molecule has 0 atom stereocenters. The van der Waals surface area contributed by atoms with E-state index in [0.29, 0.717) is 12.8 Å². The highest BCUT2D eigenvalue weighted by molar-refractivity contribution is 7.09. The lowest BCUT2D eigenvalue weighted by Crippen LogP contribution is -2.18. The molecule has 5 heteroatoms. The van der Waals surface area contributed by atoms with Crippen molar-refractivity contribution in [1.82, 2.24) is 10.5 Å². The van der Waals surface area contributed by atoms with Crippen LogP contribution in [0.1, 0.15) is 29.1 Å². The Morgan fingerprint density at radius 1 is 1.20 bits per heavy atom. The Kier molecular flexibility index (Phi) is 5.70. The predicted molar refractivity (Wildman–Crippen MR) is 78.8 cm³/mol. The molecule has 20 heavy (non-hydrogen) atoms. The summed E-state index contributed by atoms with van der Waals surface area (Å²) in [5.74, 6) is -0.343. The number of aromatic nitrogens is 1. The van der Waals surface area contributed by atoms with E-state index in [1.165, 1.54) is 5.56 Å². The average Bonchev–Trinajstić information content (AvgIpc) is 2.94. The number of amides is 1. The summed E-state index contributed by atoms with van der Waals surface area (Å²) < 4.78 is 0. The maximum atomic E-state index is 10.9. The molecule has 2 rings (SSSR count). The summed E-state index contributed by atoms with van der Waals surface area (Å²) in [7, 11) is 0. The van der Waals surface area contributed by atoms with E-state index < -0.39 is 0 Å². The standard InChI is InChI=1S/C15H18N2O2S/c18-14(17-19)8-4-7-13-11-20-15(16-13)10-9-12-5-2-1-3-6-12/h1-3,5-6,11,19H,4,7-10H2,(H,17,18). The zero-order chi connectivity index (χ0) is 14.2. The van der Waals surface area contributed by atoms with Crippen molar-refractivity contribution >= 4 is 17.2 Å². The maximum Gasteiger partial charge on any atom is 0.243 e. The van der Waals surface area contributed by atoms with E-state index in [1.807, 2.05) is 6.07 Å². The molecule has 1 aromatic carbocycles. The molecule has 1 aromatic heterocycles. The second-order valence-electron chi connectivity index (χ2n) is 4.61. The first-order chi connectivity index (χ1) is 9.78. The molecular formula is C15H18N2O2S. The molecule has 0 fully saturated rings. The Bertz CT molecular complexity index is 540. The van der Waals surface area contributed by atoms with Crippen LogP contribution in [-0.2, 0) is 24.1 Å². The lowest BCUT2D eigenvalue weighted by molar-refractivity contribution is -0.129. The average molecular weight is 290 g/mol. The minimum absolute atomic E-state index is 0.327. The zero-order valence-electron chi connectivity index (χ0n) is 11.2. The molecule has 0 bridgehead atoms. The smallest absolute Gasteiger partial charge is 0.243 e. The van der Waals surface area contributed by atoms with E-state index in [-0.39, 0.29) is 5.91 Å². The van der Waals surface area contributed by atoms with Gasteiger partial charge in [-0.25, -0.2) is 10.5 Å². The number of hydrogen-bond donors (Lipinski definition) is 2. The lowest BCUT2D eigenvalue weighted by atomic mass is 10.1. The molecule has 1 amide bonds. The molecule has 2 N–H and O–H groups in total. The van der Waals surface area contributed by atoms with Gasteiger partial charge < -0.3 is 0 Å². The van der Waals surface area contributed by atoms with Gasteiger partial charge in [-0.05, 0) is 24.8 Å². The van der Waals surface area contributed by atoms with Gasteiger partial charge in [0.2, 0.25) is 5.91 Å². The summed E-state index contributed by atoms with van der Waals surface area (Å²) in [5.41, 5.74) is 3.99. The van der Waals surface area contributed by atoms with Crippen molar-refractivity contribution in [3.63, 3.8) is 0 Å². The highest BCUT2D eigenvalue weighted by atomic mass is 32.1. The van der Waals surface area contributed by atoms with Crippen molar-refractivity contribution in [3.8, 4) is 0 Å². The fraction of sp³-hybridized carbons (Fsp3) is 0.333. The highest BCUT2D eigenvalue weighted by Gasteiger charge is 2.04. The molecule has 1 heterocycles. The van der Waals surface area contributed by atoms with Gasteiger partial charge in [0, 0.05) is 18.2 Å². The van der Waals surface area contributed by atoms with Crippen molar-refractivity contribution in [2.45, 2.75) is 32.1 Å². The molecule has 0 aliphatic heterocycles. The Labute approximate surface area is 122 Å². The fourth-order valence-electron chi connectivity index (χ4n) is 1.96. The van der Waals surface area contributed by atoms with E-state index in [2.05, 4.69) is 34.6 Å². The number of carbonyl (C=O) groups excluding carboxylic acids is 1. The van der Waals surface area contributed by atoms with Gasteiger partial charge in [-0.2, -0.15) is 0 Å². The van der Waals surface area contributed by atoms with Crippen LogP contribution in [0, 0.1) is 0 Å². The first-order valence-corrected chi connectivity index (χ1v) is 7.56. The molecule has 0 unspecified atom stereocenters. The van der Waals surface area contributed by atoms with E-state index in [1.54, 1.807) is 16.8 Å². The van der Waals surface area contributed by atoms with Crippen LogP contribution in [0.25, 0.3) is 0 Å². The van der Waals surface area contributed by atoms with Crippen molar-refractivity contribution in [2.75, 3.05) is 0 Å². The van der Waals surface area contributed by atoms with Gasteiger partial charge in [0.1, 0.15) is 0 Å². The molecule has 0 saturated heterocycles. The van der Waals surface area contributed by atoms with Crippen LogP contribution in [0.5, 0.6) is 0 Å². The van der Waals surface area contributed by atoms with Crippen LogP contribution >= 0.6 is 11.3 Å². The topological polar surface area (TPSA) is 62.2 Å². The number of nitrogens with one attached hydrogen (secondary N) is 1. The van der Waals surface area contributed by atoms with Crippen molar-refractivity contribution < 1.29 is 10.0 Å². The lowest BCUT2D eigenvalue weighted by Gasteiger charge is -1.98. The van der Waals surface area contributed by atoms with Gasteiger partial charge in [-0.3, -0.25) is 10.0 Å². The third kappa shape index (κ3) is 4.75. The third-order valence-electron chi connectivity index (χ3n) is 3.03. The number of rotatable bonds is 7. The van der Waals surface area contributed by atoms with Crippen LogP contribution in [0.2, 0.25) is 0 Å². The van der Waals surface area contributed by atoms with Crippen molar-refractivity contribution in [3.05, 3.63) is 52.0 Å². The first kappa shape index (κ1) is 14.7. The van der Waals surface area contributed by atoms with Gasteiger partial charge in [-0.15, -0.1) is 11.3 Å². The summed E-state index contributed by atoms with van der Waals surface area (Å²) in [5, 5.41) is 11.6. The molecule has 0 spiro atoms. The van der Waals surface area contributed by atoms with Gasteiger partial charge >= 0.3 is 0 Å². The molecule has 0 saturated carbocycles. The minimum Gasteiger partial charge on any atom is -0.289 e. The number of thiazole rings is 1. The summed E-state index contributed by atoms with van der Waals surface area (Å²) in [6, 6.07) is 10.4. The van der Waals surface area contributed by atoms with Crippen molar-refractivity contribution in [2.24, 2.45) is 0 Å². The van der Waals surface area contributed by atoms with Crippen LogP contribution in [0.3, 0.4) is 0 Å². The Morgan fingerprint density at radius 2 is 2.00 bits per heavy atom. The highest BCUT2D eigenvalue weighted by Crippen LogP contribution is 2.14. The maximum absolute atomic E-state index is 10.9. The molecule has 0 aliphatic rings. The van der Waals surface area contributed by atoms with Crippen LogP contribution in [-0.4, -0.2) is 16.1 Å². The number of carbonyl (C=O) groups is 1. The van der Waals surface area contributed by atoms with Gasteiger partial charge in [-0.1, -0.05) is 30.3 Å². The van der Waals surface area contributed by atoms with Gasteiger partial charge in [0.25, 0.3) is 0 Å². The number of benzene rings is 1. The molecule has 0 radical (unpaired) electrons. The summed E-state index contributed by atoms with van der Waals surface area (Å²) in [4.78, 5) is 15.5. The summed E-state index contributed by atoms with van der Waals surface area (Å²) in [6.07, 6.45) is 3.75. The molecule has 2 aromatic rings. The SMILES string of the molecule is O=C(CCCc1csc(CCc2ccccc2)n1)NO. The second kappa shape index (κ2) is 7.77. The number of hydroxylamine groups is 1. The van der Waals surface area contributed by atoms with Crippen LogP contribution in [0.4, 0.5) is 0 Å². The quantitative estimate of drug-likeness (QED) is 0.609. The summed E-state index contributed by atoms with van der Waals surface area (Å²) >= 11 is 1.67.